The van der Waals surface area contributed by atoms with Crippen molar-refractivity contribution in [3.63, 3.8) is 0 Å². The molecule has 1 aromatic heterocycles. The fraction of sp³-hybridized carbons (Fsp3) is 0.250. The zero-order valence-electron chi connectivity index (χ0n) is 9.36. The van der Waals surface area contributed by atoms with E-state index in [9.17, 15) is 0 Å². The summed E-state index contributed by atoms with van der Waals surface area (Å²) in [5, 5.41) is 2.56. The second-order valence-electron chi connectivity index (χ2n) is 3.48. The molecule has 2 N–H and O–H groups in total. The Morgan fingerprint density at radius 1 is 1.44 bits per heavy atom. The van der Waals surface area contributed by atoms with Gasteiger partial charge in [-0.05, 0) is 37.6 Å². The fourth-order valence-corrected chi connectivity index (χ4v) is 2.12. The van der Waals surface area contributed by atoms with Crippen LogP contribution >= 0.6 is 11.3 Å². The molecule has 84 valence electrons. The zero-order chi connectivity index (χ0) is 11.5. The molecule has 3 nitrogen and oxygen atoms in total. The molecule has 0 aliphatic heterocycles. The lowest BCUT2D eigenvalue weighted by Crippen LogP contribution is -1.94. The average molecular weight is 234 g/mol. The highest BCUT2D eigenvalue weighted by Crippen LogP contribution is 2.27. The highest BCUT2D eigenvalue weighted by molar-refractivity contribution is 7.13. The largest absolute Gasteiger partial charge is 0.494 e. The molecule has 1 aromatic carbocycles. The van der Waals surface area contributed by atoms with Gasteiger partial charge in [0.1, 0.15) is 5.75 Å². The summed E-state index contributed by atoms with van der Waals surface area (Å²) in [6, 6.07) is 6.05. The molecule has 0 fully saturated rings. The Morgan fingerprint density at radius 2 is 2.25 bits per heavy atom. The van der Waals surface area contributed by atoms with E-state index in [4.69, 9.17) is 10.5 Å². The monoisotopic (exact) mass is 234 g/mol. The van der Waals surface area contributed by atoms with E-state index in [2.05, 4.69) is 11.1 Å². The number of nitrogen functional groups attached to an aromatic ring is 1. The summed E-state index contributed by atoms with van der Waals surface area (Å²) in [5.74, 6) is 0.925. The van der Waals surface area contributed by atoms with Gasteiger partial charge in [0.05, 0.1) is 12.3 Å². The number of nitrogens with two attached hydrogens (primary N) is 1. The number of ether oxygens (including phenoxy) is 1. The van der Waals surface area contributed by atoms with Gasteiger partial charge in [0.15, 0.2) is 5.13 Å². The Morgan fingerprint density at radius 3 is 2.81 bits per heavy atom. The third kappa shape index (κ3) is 2.17. The fourth-order valence-electron chi connectivity index (χ4n) is 1.55. The van der Waals surface area contributed by atoms with Crippen LogP contribution in [0.1, 0.15) is 12.5 Å². The maximum atomic E-state index is 5.61. The van der Waals surface area contributed by atoms with Crippen LogP contribution in [-0.2, 0) is 0 Å². The summed E-state index contributed by atoms with van der Waals surface area (Å²) in [6.45, 7) is 4.70. The van der Waals surface area contributed by atoms with Gasteiger partial charge in [0.2, 0.25) is 0 Å². The smallest absolute Gasteiger partial charge is 0.180 e. The predicted molar refractivity (Wildman–Crippen MR) is 67.9 cm³/mol. The summed E-state index contributed by atoms with van der Waals surface area (Å²) in [4.78, 5) is 4.25. The summed E-state index contributed by atoms with van der Waals surface area (Å²) in [6.07, 6.45) is 0. The van der Waals surface area contributed by atoms with Crippen molar-refractivity contribution in [1.82, 2.24) is 4.98 Å². The number of aromatic nitrogens is 1. The first-order chi connectivity index (χ1) is 7.70. The molecule has 0 saturated heterocycles. The zero-order valence-corrected chi connectivity index (χ0v) is 10.2. The van der Waals surface area contributed by atoms with Crippen molar-refractivity contribution in [3.8, 4) is 17.0 Å². The number of nitrogens with zero attached hydrogens (tertiary/aromatic N) is 1. The molecule has 0 aliphatic rings. The molecule has 16 heavy (non-hydrogen) atoms. The average Bonchev–Trinajstić information content (AvgIpc) is 2.68. The number of anilines is 1. The maximum Gasteiger partial charge on any atom is 0.180 e. The molecule has 0 saturated carbocycles. The molecular weight excluding hydrogens is 220 g/mol. The molecule has 2 aromatic rings. The lowest BCUT2D eigenvalue weighted by molar-refractivity contribution is 0.338. The minimum atomic E-state index is 0.599. The first kappa shape index (κ1) is 11.0. The van der Waals surface area contributed by atoms with Crippen LogP contribution in [0.4, 0.5) is 5.13 Å². The van der Waals surface area contributed by atoms with Crippen molar-refractivity contribution in [3.05, 3.63) is 29.1 Å². The van der Waals surface area contributed by atoms with E-state index in [0.717, 1.165) is 22.6 Å². The van der Waals surface area contributed by atoms with Crippen molar-refractivity contribution < 1.29 is 4.74 Å². The second-order valence-corrected chi connectivity index (χ2v) is 4.37. The van der Waals surface area contributed by atoms with Crippen LogP contribution in [0.5, 0.6) is 5.75 Å². The molecule has 4 heteroatoms. The van der Waals surface area contributed by atoms with Crippen molar-refractivity contribution in [2.24, 2.45) is 0 Å². The summed E-state index contributed by atoms with van der Waals surface area (Å²) >= 11 is 1.45. The third-order valence-corrected chi connectivity index (χ3v) is 2.97. The van der Waals surface area contributed by atoms with E-state index in [0.29, 0.717) is 11.7 Å². The van der Waals surface area contributed by atoms with Crippen LogP contribution in [0.3, 0.4) is 0 Å². The number of benzene rings is 1. The number of hydrogen-bond donors (Lipinski definition) is 1. The van der Waals surface area contributed by atoms with Gasteiger partial charge < -0.3 is 10.5 Å². The van der Waals surface area contributed by atoms with Crippen LogP contribution in [0.25, 0.3) is 11.3 Å². The Bertz CT molecular complexity index is 494. The standard InChI is InChI=1S/C12H14N2OS/c1-3-15-11-5-4-9(6-8(11)2)10-7-16-12(13)14-10/h4-7H,3H2,1-2H3,(H2,13,14). The molecule has 0 atom stereocenters. The van der Waals surface area contributed by atoms with E-state index in [1.54, 1.807) is 0 Å². The molecule has 0 radical (unpaired) electrons. The van der Waals surface area contributed by atoms with Gasteiger partial charge >= 0.3 is 0 Å². The quantitative estimate of drug-likeness (QED) is 0.887. The van der Waals surface area contributed by atoms with Crippen LogP contribution < -0.4 is 10.5 Å². The summed E-state index contributed by atoms with van der Waals surface area (Å²) < 4.78 is 5.49. The van der Waals surface area contributed by atoms with Crippen LogP contribution in [0.2, 0.25) is 0 Å². The highest BCUT2D eigenvalue weighted by atomic mass is 32.1. The normalized spacial score (nSPS) is 10.4. The van der Waals surface area contributed by atoms with Gasteiger partial charge in [-0.1, -0.05) is 0 Å². The summed E-state index contributed by atoms with van der Waals surface area (Å²) in [7, 11) is 0. The Balaban J connectivity index is 2.34. The number of hydrogen-bond acceptors (Lipinski definition) is 4. The molecule has 0 bridgehead atoms. The topological polar surface area (TPSA) is 48.1 Å². The molecule has 0 amide bonds. The molecule has 0 unspecified atom stereocenters. The first-order valence-electron chi connectivity index (χ1n) is 5.15. The number of thiazole rings is 1. The van der Waals surface area contributed by atoms with Crippen LogP contribution in [-0.4, -0.2) is 11.6 Å². The first-order valence-corrected chi connectivity index (χ1v) is 6.03. The molecular formula is C12H14N2OS. The minimum absolute atomic E-state index is 0.599. The number of rotatable bonds is 3. The predicted octanol–water partition coefficient (Wildman–Crippen LogP) is 3.10. The van der Waals surface area contributed by atoms with Crippen molar-refractivity contribution in [1.29, 1.82) is 0 Å². The van der Waals surface area contributed by atoms with Gasteiger partial charge in [-0.15, -0.1) is 11.3 Å². The summed E-state index contributed by atoms with van der Waals surface area (Å²) in [5.41, 5.74) is 8.73. The van der Waals surface area contributed by atoms with Crippen LogP contribution in [0, 0.1) is 6.92 Å². The second kappa shape index (κ2) is 4.53. The Hall–Kier alpha value is -1.55. The molecule has 0 spiro atoms. The minimum Gasteiger partial charge on any atom is -0.494 e. The van der Waals surface area contributed by atoms with Crippen molar-refractivity contribution in [2.75, 3.05) is 12.3 Å². The van der Waals surface area contributed by atoms with Gasteiger partial charge in [-0.3, -0.25) is 0 Å². The highest BCUT2D eigenvalue weighted by Gasteiger charge is 2.05. The maximum absolute atomic E-state index is 5.61. The van der Waals surface area contributed by atoms with Gasteiger partial charge in [0, 0.05) is 10.9 Å². The van der Waals surface area contributed by atoms with Gasteiger partial charge in [0.25, 0.3) is 0 Å². The van der Waals surface area contributed by atoms with Crippen molar-refractivity contribution >= 4 is 16.5 Å². The van der Waals surface area contributed by atoms with Crippen molar-refractivity contribution in [2.45, 2.75) is 13.8 Å². The Labute approximate surface area is 98.9 Å². The number of aryl methyl sites for hydroxylation is 1. The Kier molecular flexibility index (Phi) is 3.10. The third-order valence-electron chi connectivity index (χ3n) is 2.29. The van der Waals surface area contributed by atoms with Gasteiger partial charge in [-0.25, -0.2) is 4.98 Å². The van der Waals surface area contributed by atoms with E-state index in [1.807, 2.05) is 31.4 Å². The molecule has 2 rings (SSSR count). The molecule has 1 heterocycles. The van der Waals surface area contributed by atoms with E-state index >= 15 is 0 Å². The molecule has 0 aliphatic carbocycles. The van der Waals surface area contributed by atoms with E-state index in [1.165, 1.54) is 11.3 Å². The SMILES string of the molecule is CCOc1ccc(-c2csc(N)n2)cc1C. The lowest BCUT2D eigenvalue weighted by atomic mass is 10.1. The van der Waals surface area contributed by atoms with E-state index in [-0.39, 0.29) is 0 Å². The van der Waals surface area contributed by atoms with E-state index < -0.39 is 0 Å². The van der Waals surface area contributed by atoms with Crippen LogP contribution in [0.15, 0.2) is 23.6 Å². The lowest BCUT2D eigenvalue weighted by Gasteiger charge is -2.07. The van der Waals surface area contributed by atoms with Gasteiger partial charge in [-0.2, -0.15) is 0 Å².